The van der Waals surface area contributed by atoms with E-state index in [1.165, 1.54) is 25.7 Å². The fourth-order valence-electron chi connectivity index (χ4n) is 2.81. The number of amides is 1. The highest BCUT2D eigenvalue weighted by Gasteiger charge is 2.21. The van der Waals surface area contributed by atoms with E-state index < -0.39 is 0 Å². The molecule has 23 heavy (non-hydrogen) atoms. The van der Waals surface area contributed by atoms with Gasteiger partial charge in [-0.2, -0.15) is 0 Å². The molecule has 0 radical (unpaired) electrons. The van der Waals surface area contributed by atoms with Crippen molar-refractivity contribution in [2.75, 3.05) is 14.1 Å². The van der Waals surface area contributed by atoms with E-state index >= 15 is 0 Å². The molecule has 0 unspecified atom stereocenters. The zero-order valence-corrected chi connectivity index (χ0v) is 14.3. The summed E-state index contributed by atoms with van der Waals surface area (Å²) < 4.78 is 1.97. The second-order valence-corrected chi connectivity index (χ2v) is 6.97. The lowest BCUT2D eigenvalue weighted by molar-refractivity contribution is 0.0827. The van der Waals surface area contributed by atoms with E-state index in [2.05, 4.69) is 15.5 Å². The molecular weight excluding hydrogens is 310 g/mol. The molecule has 1 aliphatic rings. The van der Waals surface area contributed by atoms with Crippen LogP contribution >= 0.6 is 11.8 Å². The van der Waals surface area contributed by atoms with Crippen molar-refractivity contribution in [2.45, 2.75) is 42.6 Å². The number of hydrogen-bond acceptors (Lipinski definition) is 5. The van der Waals surface area contributed by atoms with Crippen molar-refractivity contribution in [3.8, 4) is 0 Å². The Morgan fingerprint density at radius 1 is 1.26 bits per heavy atom. The van der Waals surface area contributed by atoms with E-state index in [9.17, 15) is 4.79 Å². The fourth-order valence-corrected chi connectivity index (χ4v) is 3.71. The summed E-state index contributed by atoms with van der Waals surface area (Å²) in [5.41, 5.74) is 1.87. The van der Waals surface area contributed by atoms with E-state index in [-0.39, 0.29) is 5.91 Å². The quantitative estimate of drug-likeness (QED) is 0.788. The van der Waals surface area contributed by atoms with E-state index in [1.54, 1.807) is 30.8 Å². The number of hydrogen-bond donors (Lipinski definition) is 0. The molecule has 1 saturated carbocycles. The third kappa shape index (κ3) is 3.72. The van der Waals surface area contributed by atoms with Crippen molar-refractivity contribution < 1.29 is 4.79 Å². The Kier molecular flexibility index (Phi) is 4.95. The lowest BCUT2D eigenvalue weighted by Crippen LogP contribution is -2.21. The molecule has 1 aromatic carbocycles. The molecule has 0 aliphatic heterocycles. The zero-order chi connectivity index (χ0) is 16.2. The highest BCUT2D eigenvalue weighted by atomic mass is 32.2. The number of aromatic nitrogens is 4. The molecule has 1 aliphatic carbocycles. The molecule has 7 heteroatoms. The minimum absolute atomic E-state index is 0.0226. The van der Waals surface area contributed by atoms with E-state index in [0.29, 0.717) is 11.6 Å². The second-order valence-electron chi connectivity index (χ2n) is 6.03. The Balaban J connectivity index is 1.63. The molecule has 0 bridgehead atoms. The largest absolute Gasteiger partial charge is 0.345 e. The summed E-state index contributed by atoms with van der Waals surface area (Å²) in [5.74, 6) is 0.818. The average molecular weight is 331 g/mol. The van der Waals surface area contributed by atoms with Crippen LogP contribution in [0.5, 0.6) is 0 Å². The zero-order valence-electron chi connectivity index (χ0n) is 13.5. The molecule has 122 valence electrons. The van der Waals surface area contributed by atoms with Crippen LogP contribution in [-0.2, 0) is 5.75 Å². The Hall–Kier alpha value is -1.89. The Labute approximate surface area is 140 Å². The van der Waals surface area contributed by atoms with Crippen LogP contribution in [0.1, 0.15) is 47.6 Å². The van der Waals surface area contributed by atoms with Gasteiger partial charge in [0.25, 0.3) is 5.91 Å². The maximum atomic E-state index is 11.9. The van der Waals surface area contributed by atoms with Crippen LogP contribution < -0.4 is 0 Å². The van der Waals surface area contributed by atoms with Gasteiger partial charge in [0.2, 0.25) is 5.16 Å². The molecule has 1 aromatic heterocycles. The van der Waals surface area contributed by atoms with Crippen LogP contribution in [0.15, 0.2) is 29.4 Å². The Morgan fingerprint density at radius 3 is 2.61 bits per heavy atom. The van der Waals surface area contributed by atoms with Gasteiger partial charge in [0.05, 0.1) is 6.04 Å². The summed E-state index contributed by atoms with van der Waals surface area (Å²) in [4.78, 5) is 13.5. The molecule has 0 atom stereocenters. The Morgan fingerprint density at radius 2 is 1.96 bits per heavy atom. The molecular formula is C16H21N5OS. The van der Waals surface area contributed by atoms with Gasteiger partial charge < -0.3 is 4.90 Å². The monoisotopic (exact) mass is 331 g/mol. The number of rotatable bonds is 5. The smallest absolute Gasteiger partial charge is 0.253 e. The van der Waals surface area contributed by atoms with Crippen molar-refractivity contribution in [3.05, 3.63) is 35.4 Å². The van der Waals surface area contributed by atoms with Crippen molar-refractivity contribution >= 4 is 17.7 Å². The van der Waals surface area contributed by atoms with Crippen LogP contribution in [-0.4, -0.2) is 45.1 Å². The normalized spacial score (nSPS) is 15.0. The first-order valence-corrected chi connectivity index (χ1v) is 8.85. The number of benzene rings is 1. The summed E-state index contributed by atoms with van der Waals surface area (Å²) in [5, 5.41) is 13.0. The highest BCUT2D eigenvalue weighted by molar-refractivity contribution is 7.98. The summed E-state index contributed by atoms with van der Waals surface area (Å²) >= 11 is 1.65. The minimum atomic E-state index is 0.0226. The van der Waals surface area contributed by atoms with Crippen LogP contribution in [0.4, 0.5) is 0 Å². The lowest BCUT2D eigenvalue weighted by Gasteiger charge is -2.11. The first-order chi connectivity index (χ1) is 11.1. The number of tetrazole rings is 1. The van der Waals surface area contributed by atoms with E-state index in [4.69, 9.17) is 0 Å². The average Bonchev–Trinajstić information content (AvgIpc) is 3.23. The predicted octanol–water partition coefficient (Wildman–Crippen LogP) is 2.78. The third-order valence-corrected chi connectivity index (χ3v) is 5.11. The summed E-state index contributed by atoms with van der Waals surface area (Å²) in [6.45, 7) is 0. The van der Waals surface area contributed by atoms with E-state index in [0.717, 1.165) is 16.5 Å². The van der Waals surface area contributed by atoms with Gasteiger partial charge in [-0.25, -0.2) is 4.68 Å². The topological polar surface area (TPSA) is 63.9 Å². The summed E-state index contributed by atoms with van der Waals surface area (Å²) in [6.07, 6.45) is 4.85. The standard InChI is InChI=1S/C16H21N5OS/c1-20(2)15(22)13-9-7-12(8-10-13)11-23-16-17-18-19-21(16)14-5-3-4-6-14/h7-10,14H,3-6,11H2,1-2H3. The maximum Gasteiger partial charge on any atom is 0.253 e. The second kappa shape index (κ2) is 7.12. The molecule has 6 nitrogen and oxygen atoms in total. The number of nitrogens with zero attached hydrogens (tertiary/aromatic N) is 5. The van der Waals surface area contributed by atoms with Crippen LogP contribution in [0.3, 0.4) is 0 Å². The van der Waals surface area contributed by atoms with Crippen LogP contribution in [0, 0.1) is 0 Å². The lowest BCUT2D eigenvalue weighted by atomic mass is 10.1. The number of carbonyl (C=O) groups excluding carboxylic acids is 1. The number of carbonyl (C=O) groups is 1. The van der Waals surface area contributed by atoms with Gasteiger partial charge in [0, 0.05) is 25.4 Å². The van der Waals surface area contributed by atoms with Gasteiger partial charge in [-0.15, -0.1) is 5.10 Å². The third-order valence-electron chi connectivity index (χ3n) is 4.11. The fraction of sp³-hybridized carbons (Fsp3) is 0.500. The van der Waals surface area contributed by atoms with Gasteiger partial charge in [-0.3, -0.25) is 4.79 Å². The van der Waals surface area contributed by atoms with Crippen LogP contribution in [0.25, 0.3) is 0 Å². The first kappa shape index (κ1) is 16.0. The molecule has 2 aromatic rings. The van der Waals surface area contributed by atoms with Gasteiger partial charge in [-0.1, -0.05) is 36.7 Å². The minimum Gasteiger partial charge on any atom is -0.345 e. The molecule has 3 rings (SSSR count). The van der Waals surface area contributed by atoms with Crippen molar-refractivity contribution in [1.82, 2.24) is 25.1 Å². The van der Waals surface area contributed by atoms with E-state index in [1.807, 2.05) is 28.9 Å². The molecule has 0 N–H and O–H groups in total. The SMILES string of the molecule is CN(C)C(=O)c1ccc(CSc2nnnn2C2CCCC2)cc1. The number of thioether (sulfide) groups is 1. The predicted molar refractivity (Wildman–Crippen MR) is 89.3 cm³/mol. The molecule has 1 amide bonds. The summed E-state index contributed by atoms with van der Waals surface area (Å²) in [6, 6.07) is 8.18. The molecule has 1 heterocycles. The molecule has 1 fully saturated rings. The first-order valence-electron chi connectivity index (χ1n) is 7.86. The van der Waals surface area contributed by atoms with Crippen LogP contribution in [0.2, 0.25) is 0 Å². The van der Waals surface area contributed by atoms with Gasteiger partial charge in [0.15, 0.2) is 0 Å². The van der Waals surface area contributed by atoms with Crippen molar-refractivity contribution in [3.63, 3.8) is 0 Å². The Bertz CT molecular complexity index is 661. The molecule has 0 saturated heterocycles. The van der Waals surface area contributed by atoms with Crippen molar-refractivity contribution in [1.29, 1.82) is 0 Å². The highest BCUT2D eigenvalue weighted by Crippen LogP contribution is 2.32. The van der Waals surface area contributed by atoms with Crippen molar-refractivity contribution in [2.24, 2.45) is 0 Å². The maximum absolute atomic E-state index is 11.9. The molecule has 0 spiro atoms. The van der Waals surface area contributed by atoms with Gasteiger partial charge in [-0.05, 0) is 41.0 Å². The van der Waals surface area contributed by atoms with Gasteiger partial charge in [0.1, 0.15) is 0 Å². The summed E-state index contributed by atoms with van der Waals surface area (Å²) in [7, 11) is 3.52. The van der Waals surface area contributed by atoms with Gasteiger partial charge >= 0.3 is 0 Å².